The van der Waals surface area contributed by atoms with E-state index in [1.807, 2.05) is 18.2 Å². The van der Waals surface area contributed by atoms with Crippen LogP contribution in [0.15, 0.2) is 36.5 Å². The van der Waals surface area contributed by atoms with Crippen LogP contribution in [-0.2, 0) is 13.0 Å². The first kappa shape index (κ1) is 11.3. The van der Waals surface area contributed by atoms with Gasteiger partial charge in [-0.2, -0.15) is 0 Å². The second-order valence-electron chi connectivity index (χ2n) is 3.82. The largest absolute Gasteiger partial charge is 0.364 e. The summed E-state index contributed by atoms with van der Waals surface area (Å²) in [6, 6.07) is 10.2. The Bertz CT molecular complexity index is 492. The van der Waals surface area contributed by atoms with Crippen molar-refractivity contribution in [2.45, 2.75) is 19.4 Å². The number of carbonyl (C=O) groups is 1. The van der Waals surface area contributed by atoms with Crippen molar-refractivity contribution < 1.29 is 4.79 Å². The lowest BCUT2D eigenvalue weighted by molar-refractivity contribution is 0.0995. The number of benzene rings is 1. The van der Waals surface area contributed by atoms with Crippen molar-refractivity contribution in [3.8, 4) is 0 Å². The molecule has 0 unspecified atom stereocenters. The Morgan fingerprint density at radius 3 is 2.71 bits per heavy atom. The number of amides is 1. The highest BCUT2D eigenvalue weighted by molar-refractivity contribution is 5.90. The molecule has 1 heterocycles. The molecular formula is C12H14N4O. The lowest BCUT2D eigenvalue weighted by Crippen LogP contribution is -2.11. The number of aryl methyl sites for hydroxylation is 2. The van der Waals surface area contributed by atoms with Gasteiger partial charge in [-0.15, -0.1) is 5.10 Å². The number of hydrogen-bond acceptors (Lipinski definition) is 3. The molecule has 1 aromatic carbocycles. The van der Waals surface area contributed by atoms with Gasteiger partial charge in [0.1, 0.15) is 0 Å². The predicted octanol–water partition coefficient (Wildman–Crippen LogP) is 1.01. The number of aromatic nitrogens is 3. The molecule has 1 aromatic heterocycles. The molecule has 0 bridgehead atoms. The Morgan fingerprint density at radius 2 is 2.06 bits per heavy atom. The summed E-state index contributed by atoms with van der Waals surface area (Å²) in [5, 5.41) is 7.51. The Morgan fingerprint density at radius 1 is 1.29 bits per heavy atom. The van der Waals surface area contributed by atoms with Crippen molar-refractivity contribution in [2.24, 2.45) is 5.73 Å². The molecule has 88 valence electrons. The number of hydrogen-bond donors (Lipinski definition) is 1. The normalized spacial score (nSPS) is 10.4. The Hall–Kier alpha value is -2.17. The summed E-state index contributed by atoms with van der Waals surface area (Å²) in [4.78, 5) is 10.8. The third-order valence-electron chi connectivity index (χ3n) is 2.49. The van der Waals surface area contributed by atoms with E-state index in [4.69, 9.17) is 5.73 Å². The summed E-state index contributed by atoms with van der Waals surface area (Å²) < 4.78 is 1.64. The van der Waals surface area contributed by atoms with E-state index in [0.29, 0.717) is 0 Å². The molecule has 2 aromatic rings. The summed E-state index contributed by atoms with van der Waals surface area (Å²) in [6.07, 6.45) is 3.51. The van der Waals surface area contributed by atoms with Crippen molar-refractivity contribution in [3.63, 3.8) is 0 Å². The molecule has 2 rings (SSSR count). The predicted molar refractivity (Wildman–Crippen MR) is 63.3 cm³/mol. The molecule has 5 heteroatoms. The summed E-state index contributed by atoms with van der Waals surface area (Å²) in [7, 11) is 0. The van der Waals surface area contributed by atoms with Gasteiger partial charge >= 0.3 is 0 Å². The van der Waals surface area contributed by atoms with Gasteiger partial charge in [0.15, 0.2) is 5.69 Å². The van der Waals surface area contributed by atoms with E-state index in [0.717, 1.165) is 19.4 Å². The second-order valence-corrected chi connectivity index (χ2v) is 3.82. The van der Waals surface area contributed by atoms with Crippen molar-refractivity contribution in [1.29, 1.82) is 0 Å². The lowest BCUT2D eigenvalue weighted by Gasteiger charge is -2.00. The fraction of sp³-hybridized carbons (Fsp3) is 0.250. The molecule has 17 heavy (non-hydrogen) atoms. The molecule has 0 aliphatic carbocycles. The Balaban J connectivity index is 1.84. The average molecular weight is 230 g/mol. The van der Waals surface area contributed by atoms with Crippen molar-refractivity contribution in [2.75, 3.05) is 0 Å². The second kappa shape index (κ2) is 5.25. The van der Waals surface area contributed by atoms with Gasteiger partial charge in [-0.25, -0.2) is 0 Å². The molecule has 5 nitrogen and oxygen atoms in total. The van der Waals surface area contributed by atoms with Gasteiger partial charge in [-0.1, -0.05) is 35.5 Å². The quantitative estimate of drug-likeness (QED) is 0.833. The van der Waals surface area contributed by atoms with Crippen LogP contribution in [0.1, 0.15) is 22.5 Å². The van der Waals surface area contributed by atoms with Gasteiger partial charge in [0.2, 0.25) is 0 Å². The van der Waals surface area contributed by atoms with Gasteiger partial charge in [0.25, 0.3) is 5.91 Å². The van der Waals surface area contributed by atoms with E-state index in [9.17, 15) is 4.79 Å². The summed E-state index contributed by atoms with van der Waals surface area (Å²) in [6.45, 7) is 0.731. The zero-order valence-corrected chi connectivity index (χ0v) is 9.41. The van der Waals surface area contributed by atoms with E-state index >= 15 is 0 Å². The van der Waals surface area contributed by atoms with E-state index in [1.165, 1.54) is 5.56 Å². The molecule has 0 spiro atoms. The molecule has 0 aliphatic rings. The first-order valence-electron chi connectivity index (χ1n) is 5.49. The minimum Gasteiger partial charge on any atom is -0.364 e. The van der Waals surface area contributed by atoms with Gasteiger partial charge in [0.05, 0.1) is 6.20 Å². The summed E-state index contributed by atoms with van der Waals surface area (Å²) in [5.74, 6) is -0.542. The van der Waals surface area contributed by atoms with E-state index in [-0.39, 0.29) is 5.69 Å². The summed E-state index contributed by atoms with van der Waals surface area (Å²) >= 11 is 0. The maximum atomic E-state index is 10.8. The third-order valence-corrected chi connectivity index (χ3v) is 2.49. The molecular weight excluding hydrogens is 216 g/mol. The molecule has 0 saturated carbocycles. The number of rotatable bonds is 5. The van der Waals surface area contributed by atoms with Gasteiger partial charge in [-0.3, -0.25) is 9.48 Å². The standard InChI is InChI=1S/C12H14N4O/c13-12(17)11-9-16(15-14-11)8-4-7-10-5-2-1-3-6-10/h1-3,5-6,9H,4,7-8H2,(H2,13,17). The van der Waals surface area contributed by atoms with Crippen molar-refractivity contribution in [1.82, 2.24) is 15.0 Å². The van der Waals surface area contributed by atoms with Crippen molar-refractivity contribution >= 4 is 5.91 Å². The first-order chi connectivity index (χ1) is 8.25. The van der Waals surface area contributed by atoms with E-state index in [2.05, 4.69) is 22.4 Å². The fourth-order valence-corrected chi connectivity index (χ4v) is 1.61. The van der Waals surface area contributed by atoms with Crippen LogP contribution in [0.5, 0.6) is 0 Å². The van der Waals surface area contributed by atoms with Crippen LogP contribution in [0.4, 0.5) is 0 Å². The van der Waals surface area contributed by atoms with Crippen LogP contribution in [-0.4, -0.2) is 20.9 Å². The van der Waals surface area contributed by atoms with Gasteiger partial charge < -0.3 is 5.73 Å². The number of primary amides is 1. The zero-order valence-electron chi connectivity index (χ0n) is 9.41. The number of nitrogens with zero attached hydrogens (tertiary/aromatic N) is 3. The SMILES string of the molecule is NC(=O)c1cn(CCCc2ccccc2)nn1. The molecule has 0 fully saturated rings. The van der Waals surface area contributed by atoms with Crippen LogP contribution >= 0.6 is 0 Å². The summed E-state index contributed by atoms with van der Waals surface area (Å²) in [5.41, 5.74) is 6.60. The third kappa shape index (κ3) is 3.14. The highest BCUT2D eigenvalue weighted by Gasteiger charge is 2.05. The molecule has 0 radical (unpaired) electrons. The van der Waals surface area contributed by atoms with Crippen molar-refractivity contribution in [3.05, 3.63) is 47.8 Å². The van der Waals surface area contributed by atoms with E-state index < -0.39 is 5.91 Å². The molecule has 0 aliphatic heterocycles. The maximum absolute atomic E-state index is 10.8. The van der Waals surface area contributed by atoms with Gasteiger partial charge in [0, 0.05) is 6.54 Å². The Labute approximate surface area is 99.2 Å². The smallest absolute Gasteiger partial charge is 0.270 e. The first-order valence-corrected chi connectivity index (χ1v) is 5.49. The zero-order chi connectivity index (χ0) is 12.1. The molecule has 2 N–H and O–H groups in total. The Kier molecular flexibility index (Phi) is 3.49. The number of nitrogens with two attached hydrogens (primary N) is 1. The lowest BCUT2D eigenvalue weighted by atomic mass is 10.1. The van der Waals surface area contributed by atoms with Crippen LogP contribution < -0.4 is 5.73 Å². The van der Waals surface area contributed by atoms with Crippen LogP contribution in [0, 0.1) is 0 Å². The maximum Gasteiger partial charge on any atom is 0.270 e. The van der Waals surface area contributed by atoms with Crippen LogP contribution in [0.2, 0.25) is 0 Å². The minimum atomic E-state index is -0.542. The number of carbonyl (C=O) groups excluding carboxylic acids is 1. The topological polar surface area (TPSA) is 73.8 Å². The molecule has 1 amide bonds. The highest BCUT2D eigenvalue weighted by Crippen LogP contribution is 2.03. The van der Waals surface area contributed by atoms with Crippen LogP contribution in [0.25, 0.3) is 0 Å². The fourth-order valence-electron chi connectivity index (χ4n) is 1.61. The highest BCUT2D eigenvalue weighted by atomic mass is 16.1. The molecule has 0 saturated heterocycles. The van der Waals surface area contributed by atoms with Crippen LogP contribution in [0.3, 0.4) is 0 Å². The average Bonchev–Trinajstić information content (AvgIpc) is 2.79. The monoisotopic (exact) mass is 230 g/mol. The minimum absolute atomic E-state index is 0.213. The van der Waals surface area contributed by atoms with Gasteiger partial charge in [-0.05, 0) is 18.4 Å². The molecule has 0 atom stereocenters. The van der Waals surface area contributed by atoms with E-state index in [1.54, 1.807) is 10.9 Å².